The molecule has 2 N–H and O–H groups in total. The standard InChI is InChI=1S/C37H32O3/c1-37(2,31-15-17-35(39)33(23-31)29-13-11-25-7-3-5-9-27(25)21-29)32-16-18-36(40-20-19-38)34(24-32)30-14-12-26-8-4-6-10-28(26)22-30/h3-18,21-24,38-39H,19-20H2,1-2H3. The smallest absolute Gasteiger partial charge is 0.127 e. The number of aromatic hydroxyl groups is 1. The van der Waals surface area contributed by atoms with Crippen LogP contribution in [0.3, 0.4) is 0 Å². The highest BCUT2D eigenvalue weighted by molar-refractivity contribution is 5.89. The van der Waals surface area contributed by atoms with E-state index in [1.165, 1.54) is 10.8 Å². The van der Waals surface area contributed by atoms with Gasteiger partial charge in [-0.3, -0.25) is 0 Å². The molecule has 0 saturated heterocycles. The largest absolute Gasteiger partial charge is 0.507 e. The van der Waals surface area contributed by atoms with Crippen molar-refractivity contribution in [3.8, 4) is 33.8 Å². The third-order valence-corrected chi connectivity index (χ3v) is 7.89. The van der Waals surface area contributed by atoms with Gasteiger partial charge in [0.05, 0.1) is 6.61 Å². The summed E-state index contributed by atoms with van der Waals surface area (Å²) in [6.45, 7) is 4.60. The Morgan fingerprint density at radius 3 is 1.70 bits per heavy atom. The molecule has 0 bridgehead atoms. The van der Waals surface area contributed by atoms with Crippen molar-refractivity contribution in [3.63, 3.8) is 0 Å². The molecule has 3 nitrogen and oxygen atoms in total. The number of fused-ring (bicyclic) bond motifs is 2. The normalized spacial score (nSPS) is 11.7. The number of hydrogen-bond acceptors (Lipinski definition) is 3. The number of rotatable bonds is 7. The van der Waals surface area contributed by atoms with E-state index < -0.39 is 0 Å². The third-order valence-electron chi connectivity index (χ3n) is 7.89. The zero-order valence-corrected chi connectivity index (χ0v) is 22.8. The number of aliphatic hydroxyl groups is 1. The summed E-state index contributed by atoms with van der Waals surface area (Å²) in [5.74, 6) is 1.01. The zero-order chi connectivity index (χ0) is 27.7. The summed E-state index contributed by atoms with van der Waals surface area (Å²) >= 11 is 0. The number of benzene rings is 6. The first-order chi connectivity index (χ1) is 19.4. The van der Waals surface area contributed by atoms with Gasteiger partial charge in [-0.15, -0.1) is 0 Å². The van der Waals surface area contributed by atoms with Crippen LogP contribution in [-0.4, -0.2) is 23.4 Å². The van der Waals surface area contributed by atoms with Crippen molar-refractivity contribution < 1.29 is 14.9 Å². The molecule has 0 aliphatic rings. The molecule has 3 heteroatoms. The summed E-state index contributed by atoms with van der Waals surface area (Å²) < 4.78 is 5.97. The number of ether oxygens (including phenoxy) is 1. The zero-order valence-electron chi connectivity index (χ0n) is 22.8. The van der Waals surface area contributed by atoms with Gasteiger partial charge >= 0.3 is 0 Å². The molecule has 0 aromatic heterocycles. The summed E-state index contributed by atoms with van der Waals surface area (Å²) in [5.41, 5.74) is 5.71. The van der Waals surface area contributed by atoms with E-state index in [0.717, 1.165) is 49.9 Å². The van der Waals surface area contributed by atoms with Crippen molar-refractivity contribution in [1.82, 2.24) is 0 Å². The first-order valence-electron chi connectivity index (χ1n) is 13.6. The van der Waals surface area contributed by atoms with Gasteiger partial charge in [-0.1, -0.05) is 98.8 Å². The molecule has 0 unspecified atom stereocenters. The molecule has 6 rings (SSSR count). The Morgan fingerprint density at radius 2 is 1.10 bits per heavy atom. The Kier molecular flexibility index (Phi) is 6.75. The summed E-state index contributed by atoms with van der Waals surface area (Å²) in [4.78, 5) is 0. The second kappa shape index (κ2) is 10.5. The van der Waals surface area contributed by atoms with Gasteiger partial charge in [0.1, 0.15) is 18.1 Å². The molecule has 0 aliphatic carbocycles. The van der Waals surface area contributed by atoms with Crippen LogP contribution in [0.1, 0.15) is 25.0 Å². The van der Waals surface area contributed by atoms with Crippen LogP contribution in [0.25, 0.3) is 43.8 Å². The molecule has 0 amide bonds. The van der Waals surface area contributed by atoms with E-state index >= 15 is 0 Å². The lowest BCUT2D eigenvalue weighted by Crippen LogP contribution is -2.19. The molecule has 0 spiro atoms. The Balaban J connectivity index is 1.44. The predicted molar refractivity (Wildman–Crippen MR) is 165 cm³/mol. The van der Waals surface area contributed by atoms with E-state index in [1.807, 2.05) is 36.4 Å². The van der Waals surface area contributed by atoms with Crippen LogP contribution in [0, 0.1) is 0 Å². The molecule has 0 radical (unpaired) electrons. The highest BCUT2D eigenvalue weighted by Gasteiger charge is 2.26. The van der Waals surface area contributed by atoms with Crippen molar-refractivity contribution in [1.29, 1.82) is 0 Å². The van der Waals surface area contributed by atoms with Crippen molar-refractivity contribution >= 4 is 21.5 Å². The van der Waals surface area contributed by atoms with Crippen LogP contribution in [0.5, 0.6) is 11.5 Å². The van der Waals surface area contributed by atoms with E-state index in [4.69, 9.17) is 4.74 Å². The van der Waals surface area contributed by atoms with Crippen LogP contribution in [0.15, 0.2) is 121 Å². The minimum absolute atomic E-state index is 0.0462. The summed E-state index contributed by atoms with van der Waals surface area (Å²) in [6, 6.07) is 41.5. The van der Waals surface area contributed by atoms with Crippen molar-refractivity contribution in [2.75, 3.05) is 13.2 Å². The molecule has 0 heterocycles. The summed E-state index contributed by atoms with van der Waals surface area (Å²) in [5, 5.41) is 24.9. The van der Waals surface area contributed by atoms with Crippen molar-refractivity contribution in [3.05, 3.63) is 132 Å². The molecule has 0 aliphatic heterocycles. The summed E-state index contributed by atoms with van der Waals surface area (Å²) in [6.07, 6.45) is 0. The SMILES string of the molecule is CC(C)(c1ccc(O)c(-c2ccc3ccccc3c2)c1)c1ccc(OCCO)c(-c2ccc3ccccc3c2)c1. The van der Waals surface area contributed by atoms with E-state index in [0.29, 0.717) is 0 Å². The fraction of sp³-hybridized carbons (Fsp3) is 0.135. The van der Waals surface area contributed by atoms with Crippen molar-refractivity contribution in [2.24, 2.45) is 0 Å². The maximum atomic E-state index is 10.9. The average Bonchev–Trinajstić information content (AvgIpc) is 2.99. The van der Waals surface area contributed by atoms with Gasteiger partial charge in [-0.2, -0.15) is 0 Å². The number of aliphatic hydroxyl groups excluding tert-OH is 1. The Labute approximate surface area is 234 Å². The molecule has 0 fully saturated rings. The van der Waals surface area contributed by atoms with Crippen LogP contribution < -0.4 is 4.74 Å². The second-order valence-electron chi connectivity index (χ2n) is 10.8. The Bertz CT molecular complexity index is 1830. The van der Waals surface area contributed by atoms with Gasteiger partial charge in [-0.25, -0.2) is 0 Å². The van der Waals surface area contributed by atoms with Gasteiger partial charge < -0.3 is 14.9 Å². The number of phenols is 1. The lowest BCUT2D eigenvalue weighted by atomic mass is 9.76. The Morgan fingerprint density at radius 1 is 0.575 bits per heavy atom. The van der Waals surface area contributed by atoms with Gasteiger partial charge in [0.15, 0.2) is 0 Å². The maximum Gasteiger partial charge on any atom is 0.127 e. The van der Waals surface area contributed by atoms with Gasteiger partial charge in [0, 0.05) is 16.5 Å². The highest BCUT2D eigenvalue weighted by atomic mass is 16.5. The molecule has 40 heavy (non-hydrogen) atoms. The van der Waals surface area contributed by atoms with E-state index in [9.17, 15) is 10.2 Å². The maximum absolute atomic E-state index is 10.9. The van der Waals surface area contributed by atoms with Crippen LogP contribution in [0.2, 0.25) is 0 Å². The average molecular weight is 525 g/mol. The highest BCUT2D eigenvalue weighted by Crippen LogP contribution is 2.41. The predicted octanol–water partition coefficient (Wildman–Crippen LogP) is 8.73. The minimum Gasteiger partial charge on any atom is -0.507 e. The Hall–Kier alpha value is -4.60. The molecule has 0 saturated carbocycles. The first kappa shape index (κ1) is 25.7. The van der Waals surface area contributed by atoms with Crippen LogP contribution in [-0.2, 0) is 5.41 Å². The summed E-state index contributed by atoms with van der Waals surface area (Å²) in [7, 11) is 0. The van der Waals surface area contributed by atoms with Gasteiger partial charge in [0.2, 0.25) is 0 Å². The minimum atomic E-state index is -0.361. The van der Waals surface area contributed by atoms with Gasteiger partial charge in [-0.05, 0) is 80.2 Å². The lowest BCUT2D eigenvalue weighted by Gasteiger charge is -2.28. The van der Waals surface area contributed by atoms with E-state index in [2.05, 4.69) is 92.7 Å². The molecule has 198 valence electrons. The second-order valence-corrected chi connectivity index (χ2v) is 10.8. The molecular formula is C37H32O3. The molecular weight excluding hydrogens is 492 g/mol. The lowest BCUT2D eigenvalue weighted by molar-refractivity contribution is 0.202. The van der Waals surface area contributed by atoms with E-state index in [1.54, 1.807) is 6.07 Å². The third kappa shape index (κ3) is 4.81. The van der Waals surface area contributed by atoms with Crippen LogP contribution >= 0.6 is 0 Å². The number of hydrogen-bond donors (Lipinski definition) is 2. The van der Waals surface area contributed by atoms with Crippen molar-refractivity contribution in [2.45, 2.75) is 19.3 Å². The fourth-order valence-electron chi connectivity index (χ4n) is 5.46. The fourth-order valence-corrected chi connectivity index (χ4v) is 5.46. The molecule has 6 aromatic rings. The first-order valence-corrected chi connectivity index (χ1v) is 13.6. The monoisotopic (exact) mass is 524 g/mol. The van der Waals surface area contributed by atoms with Gasteiger partial charge in [0.25, 0.3) is 0 Å². The molecule has 0 atom stereocenters. The number of phenolic OH excluding ortho intramolecular Hbond substituents is 1. The van der Waals surface area contributed by atoms with E-state index in [-0.39, 0.29) is 24.4 Å². The van der Waals surface area contributed by atoms with Crippen LogP contribution in [0.4, 0.5) is 0 Å². The molecule has 6 aromatic carbocycles. The quantitative estimate of drug-likeness (QED) is 0.220. The topological polar surface area (TPSA) is 49.7 Å².